The zero-order valence-electron chi connectivity index (χ0n) is 11.6. The molecule has 106 valence electrons. The van der Waals surface area contributed by atoms with Gasteiger partial charge in [0.1, 0.15) is 12.4 Å². The minimum atomic E-state index is -0.412. The van der Waals surface area contributed by atoms with Gasteiger partial charge in [0, 0.05) is 24.6 Å². The van der Waals surface area contributed by atoms with Gasteiger partial charge in [-0.25, -0.2) is 0 Å². The molecule has 19 heavy (non-hydrogen) atoms. The molecule has 0 fully saturated rings. The highest BCUT2D eigenvalue weighted by molar-refractivity contribution is 9.10. The minimum Gasteiger partial charge on any atom is -0.492 e. The number of ether oxygens (including phenoxy) is 1. The van der Waals surface area contributed by atoms with Crippen LogP contribution in [0, 0.1) is 5.41 Å². The molecule has 0 heterocycles. The summed E-state index contributed by atoms with van der Waals surface area (Å²) in [5, 5.41) is 5.89. The molecule has 0 aliphatic carbocycles. The van der Waals surface area contributed by atoms with E-state index < -0.39 is 5.41 Å². The third kappa shape index (κ3) is 5.61. The van der Waals surface area contributed by atoms with Gasteiger partial charge in [-0.2, -0.15) is 0 Å². The highest BCUT2D eigenvalue weighted by Crippen LogP contribution is 2.17. The molecule has 1 rings (SSSR count). The average molecular weight is 329 g/mol. The lowest BCUT2D eigenvalue weighted by Gasteiger charge is -2.22. The molecule has 5 heteroatoms. The van der Waals surface area contributed by atoms with Crippen LogP contribution in [-0.2, 0) is 4.79 Å². The van der Waals surface area contributed by atoms with Crippen LogP contribution in [0.2, 0.25) is 0 Å². The lowest BCUT2D eigenvalue weighted by Crippen LogP contribution is -2.42. The summed E-state index contributed by atoms with van der Waals surface area (Å²) in [5.41, 5.74) is -0.412. The van der Waals surface area contributed by atoms with E-state index in [0.717, 1.165) is 10.2 Å². The Morgan fingerprint density at radius 3 is 2.79 bits per heavy atom. The fourth-order valence-electron chi connectivity index (χ4n) is 1.62. The Morgan fingerprint density at radius 2 is 2.16 bits per heavy atom. The Balaban J connectivity index is 2.23. The molecule has 0 aromatic heterocycles. The van der Waals surface area contributed by atoms with E-state index in [0.29, 0.717) is 19.7 Å². The van der Waals surface area contributed by atoms with Crippen LogP contribution in [-0.4, -0.2) is 32.7 Å². The van der Waals surface area contributed by atoms with Crippen LogP contribution in [0.15, 0.2) is 28.7 Å². The number of hydrogen-bond donors (Lipinski definition) is 2. The monoisotopic (exact) mass is 328 g/mol. The second kappa shape index (κ2) is 7.50. The van der Waals surface area contributed by atoms with E-state index in [2.05, 4.69) is 26.6 Å². The van der Waals surface area contributed by atoms with Gasteiger partial charge in [-0.05, 0) is 32.0 Å². The number of hydrogen-bond acceptors (Lipinski definition) is 3. The smallest absolute Gasteiger partial charge is 0.226 e. The molecular weight excluding hydrogens is 308 g/mol. The quantitative estimate of drug-likeness (QED) is 0.754. The van der Waals surface area contributed by atoms with Crippen LogP contribution in [0.5, 0.6) is 5.75 Å². The molecule has 0 atom stereocenters. The predicted molar refractivity (Wildman–Crippen MR) is 80.4 cm³/mol. The number of amides is 1. The molecule has 0 unspecified atom stereocenters. The van der Waals surface area contributed by atoms with Gasteiger partial charge in [-0.15, -0.1) is 0 Å². The van der Waals surface area contributed by atoms with Crippen molar-refractivity contribution in [2.45, 2.75) is 13.8 Å². The Labute approximate surface area is 123 Å². The number of halogens is 1. The fraction of sp³-hybridized carbons (Fsp3) is 0.500. The summed E-state index contributed by atoms with van der Waals surface area (Å²) in [5.74, 6) is 0.870. The summed E-state index contributed by atoms with van der Waals surface area (Å²) in [4.78, 5) is 11.6. The van der Waals surface area contributed by atoms with E-state index >= 15 is 0 Å². The molecule has 0 saturated carbocycles. The SMILES string of the molecule is CNC(=O)C(C)(C)CNCCOc1cccc(Br)c1. The highest BCUT2D eigenvalue weighted by atomic mass is 79.9. The van der Waals surface area contributed by atoms with Crippen molar-refractivity contribution in [3.05, 3.63) is 28.7 Å². The highest BCUT2D eigenvalue weighted by Gasteiger charge is 2.25. The second-order valence-corrected chi connectivity index (χ2v) is 5.86. The Morgan fingerprint density at radius 1 is 1.42 bits per heavy atom. The van der Waals surface area contributed by atoms with E-state index in [4.69, 9.17) is 4.74 Å². The molecule has 0 saturated heterocycles. The minimum absolute atomic E-state index is 0.0351. The van der Waals surface area contributed by atoms with Crippen molar-refractivity contribution < 1.29 is 9.53 Å². The van der Waals surface area contributed by atoms with Crippen molar-refractivity contribution in [2.75, 3.05) is 26.7 Å². The topological polar surface area (TPSA) is 50.4 Å². The molecule has 1 aromatic rings. The molecule has 2 N–H and O–H groups in total. The lowest BCUT2D eigenvalue weighted by molar-refractivity contribution is -0.128. The van der Waals surface area contributed by atoms with Crippen molar-refractivity contribution in [1.29, 1.82) is 0 Å². The van der Waals surface area contributed by atoms with Crippen LogP contribution >= 0.6 is 15.9 Å². The number of rotatable bonds is 7. The maximum atomic E-state index is 11.6. The number of benzene rings is 1. The Bertz CT molecular complexity index is 422. The zero-order valence-corrected chi connectivity index (χ0v) is 13.2. The van der Waals surface area contributed by atoms with E-state index in [-0.39, 0.29) is 5.91 Å². The molecule has 0 radical (unpaired) electrons. The van der Waals surface area contributed by atoms with Crippen molar-refractivity contribution >= 4 is 21.8 Å². The van der Waals surface area contributed by atoms with Gasteiger partial charge in [-0.1, -0.05) is 22.0 Å². The largest absolute Gasteiger partial charge is 0.492 e. The van der Waals surface area contributed by atoms with E-state index in [1.54, 1.807) is 7.05 Å². The number of carbonyl (C=O) groups is 1. The maximum Gasteiger partial charge on any atom is 0.226 e. The van der Waals surface area contributed by atoms with Crippen LogP contribution in [0.3, 0.4) is 0 Å². The van der Waals surface area contributed by atoms with Crippen molar-refractivity contribution in [1.82, 2.24) is 10.6 Å². The average Bonchev–Trinajstić information content (AvgIpc) is 2.37. The van der Waals surface area contributed by atoms with Gasteiger partial charge in [0.25, 0.3) is 0 Å². The molecular formula is C14H21BrN2O2. The number of carbonyl (C=O) groups excluding carboxylic acids is 1. The summed E-state index contributed by atoms with van der Waals surface area (Å²) in [6, 6.07) is 7.73. The van der Waals surface area contributed by atoms with Crippen molar-refractivity contribution in [2.24, 2.45) is 5.41 Å². The first-order valence-electron chi connectivity index (χ1n) is 6.27. The van der Waals surface area contributed by atoms with E-state index in [1.807, 2.05) is 38.1 Å². The van der Waals surface area contributed by atoms with Gasteiger partial charge in [0.05, 0.1) is 5.41 Å². The Kier molecular flexibility index (Phi) is 6.31. The van der Waals surface area contributed by atoms with Crippen molar-refractivity contribution in [3.63, 3.8) is 0 Å². The van der Waals surface area contributed by atoms with Crippen LogP contribution in [0.4, 0.5) is 0 Å². The van der Waals surface area contributed by atoms with Crippen molar-refractivity contribution in [3.8, 4) is 5.75 Å². The third-order valence-electron chi connectivity index (χ3n) is 2.75. The molecule has 1 amide bonds. The van der Waals surface area contributed by atoms with Gasteiger partial charge < -0.3 is 15.4 Å². The summed E-state index contributed by atoms with van der Waals surface area (Å²) >= 11 is 3.39. The molecule has 0 spiro atoms. The van der Waals surface area contributed by atoms with Crippen LogP contribution in [0.1, 0.15) is 13.8 Å². The van der Waals surface area contributed by atoms with Gasteiger partial charge in [0.15, 0.2) is 0 Å². The second-order valence-electron chi connectivity index (χ2n) is 4.95. The van der Waals surface area contributed by atoms with Crippen LogP contribution < -0.4 is 15.4 Å². The summed E-state index contributed by atoms with van der Waals surface area (Å²) in [6.07, 6.45) is 0. The molecule has 4 nitrogen and oxygen atoms in total. The van der Waals surface area contributed by atoms with Crippen LogP contribution in [0.25, 0.3) is 0 Å². The zero-order chi connectivity index (χ0) is 14.3. The maximum absolute atomic E-state index is 11.6. The van der Waals surface area contributed by atoms with E-state index in [1.165, 1.54) is 0 Å². The summed E-state index contributed by atoms with van der Waals surface area (Å²) < 4.78 is 6.59. The van der Waals surface area contributed by atoms with Gasteiger partial charge >= 0.3 is 0 Å². The van der Waals surface area contributed by atoms with Gasteiger partial charge in [-0.3, -0.25) is 4.79 Å². The first-order valence-corrected chi connectivity index (χ1v) is 7.06. The molecule has 0 aliphatic heterocycles. The molecule has 1 aromatic carbocycles. The Hall–Kier alpha value is -1.07. The summed E-state index contributed by atoms with van der Waals surface area (Å²) in [6.45, 7) is 5.71. The first kappa shape index (κ1) is 16.0. The predicted octanol–water partition coefficient (Wildman–Crippen LogP) is 2.19. The fourth-order valence-corrected chi connectivity index (χ4v) is 2.00. The lowest BCUT2D eigenvalue weighted by atomic mass is 9.92. The molecule has 0 bridgehead atoms. The number of nitrogens with one attached hydrogen (secondary N) is 2. The summed E-state index contributed by atoms with van der Waals surface area (Å²) in [7, 11) is 1.65. The third-order valence-corrected chi connectivity index (χ3v) is 3.25. The first-order chi connectivity index (χ1) is 8.95. The van der Waals surface area contributed by atoms with Gasteiger partial charge in [0.2, 0.25) is 5.91 Å². The van der Waals surface area contributed by atoms with E-state index in [9.17, 15) is 4.79 Å². The normalized spacial score (nSPS) is 11.2. The standard InChI is InChI=1S/C14H21BrN2O2/c1-14(2,13(18)16-3)10-17-7-8-19-12-6-4-5-11(15)9-12/h4-6,9,17H,7-8,10H2,1-3H3,(H,16,18). The molecule has 0 aliphatic rings.